The van der Waals surface area contributed by atoms with Crippen LogP contribution in [0.4, 0.5) is 0 Å². The van der Waals surface area contributed by atoms with Crippen LogP contribution in [0.5, 0.6) is 0 Å². The summed E-state index contributed by atoms with van der Waals surface area (Å²) in [5.74, 6) is 0.0726. The van der Waals surface area contributed by atoms with Gasteiger partial charge in [-0.25, -0.2) is 0 Å². The van der Waals surface area contributed by atoms with Gasteiger partial charge in [0.15, 0.2) is 0 Å². The van der Waals surface area contributed by atoms with Crippen molar-refractivity contribution in [1.82, 2.24) is 5.32 Å². The van der Waals surface area contributed by atoms with E-state index in [0.29, 0.717) is 6.42 Å². The Labute approximate surface area is 62.3 Å². The summed E-state index contributed by atoms with van der Waals surface area (Å²) in [5.41, 5.74) is 0. The molecule has 0 spiro atoms. The molecule has 0 radical (unpaired) electrons. The van der Waals surface area contributed by atoms with E-state index in [0.717, 1.165) is 19.3 Å². The molecule has 10 heavy (non-hydrogen) atoms. The van der Waals surface area contributed by atoms with Gasteiger partial charge in [0.05, 0.1) is 0 Å². The molecule has 2 nitrogen and oxygen atoms in total. The Morgan fingerprint density at radius 3 is 2.80 bits per heavy atom. The molecule has 0 saturated heterocycles. The Balaban J connectivity index is 3.13. The van der Waals surface area contributed by atoms with Crippen LogP contribution in [-0.2, 0) is 4.79 Å². The van der Waals surface area contributed by atoms with Crippen molar-refractivity contribution in [3.05, 3.63) is 12.8 Å². The molecule has 0 bridgehead atoms. The molecule has 0 aromatic heterocycles. The molecule has 1 N–H and O–H groups in total. The predicted molar refractivity (Wildman–Crippen MR) is 42.5 cm³/mol. The molecule has 0 aromatic rings. The average molecular weight is 141 g/mol. The molecular weight excluding hydrogens is 126 g/mol. The van der Waals surface area contributed by atoms with Crippen molar-refractivity contribution in [1.29, 1.82) is 0 Å². The lowest BCUT2D eigenvalue weighted by Gasteiger charge is -1.97. The Hall–Kier alpha value is -0.790. The van der Waals surface area contributed by atoms with Crippen molar-refractivity contribution < 1.29 is 4.79 Å². The monoisotopic (exact) mass is 141 g/mol. The normalized spacial score (nSPS) is 8.90. The second-order valence-corrected chi connectivity index (χ2v) is 2.23. The first-order valence-corrected chi connectivity index (χ1v) is 3.71. The van der Waals surface area contributed by atoms with E-state index in [1.165, 1.54) is 6.20 Å². The van der Waals surface area contributed by atoms with Crippen LogP contribution in [0.15, 0.2) is 12.8 Å². The lowest BCUT2D eigenvalue weighted by molar-refractivity contribution is -0.120. The third-order valence-electron chi connectivity index (χ3n) is 1.27. The van der Waals surface area contributed by atoms with Gasteiger partial charge in [0, 0.05) is 6.42 Å². The summed E-state index contributed by atoms with van der Waals surface area (Å²) >= 11 is 0. The van der Waals surface area contributed by atoms with Crippen LogP contribution in [-0.4, -0.2) is 5.91 Å². The topological polar surface area (TPSA) is 29.1 Å². The predicted octanol–water partition coefficient (Wildman–Crippen LogP) is 1.83. The number of hydrogen-bond acceptors (Lipinski definition) is 1. The van der Waals surface area contributed by atoms with E-state index in [1.807, 2.05) is 0 Å². The number of nitrogens with one attached hydrogen (secondary N) is 1. The van der Waals surface area contributed by atoms with E-state index in [4.69, 9.17) is 0 Å². The van der Waals surface area contributed by atoms with Crippen molar-refractivity contribution in [3.63, 3.8) is 0 Å². The Morgan fingerprint density at radius 1 is 1.60 bits per heavy atom. The zero-order valence-electron chi connectivity index (χ0n) is 6.52. The van der Waals surface area contributed by atoms with Gasteiger partial charge < -0.3 is 5.32 Å². The van der Waals surface area contributed by atoms with Crippen molar-refractivity contribution in [2.45, 2.75) is 32.6 Å². The largest absolute Gasteiger partial charge is 0.333 e. The molecule has 58 valence electrons. The maximum absolute atomic E-state index is 10.7. The molecule has 0 aliphatic carbocycles. The highest BCUT2D eigenvalue weighted by atomic mass is 16.1. The molecule has 0 rings (SSSR count). The van der Waals surface area contributed by atoms with Crippen LogP contribution in [0.3, 0.4) is 0 Å². The van der Waals surface area contributed by atoms with Crippen molar-refractivity contribution in [2.75, 3.05) is 0 Å². The SMILES string of the molecule is C=CNC(=O)CCCCC. The lowest BCUT2D eigenvalue weighted by atomic mass is 10.2. The zero-order chi connectivity index (χ0) is 7.82. The summed E-state index contributed by atoms with van der Waals surface area (Å²) in [6.45, 7) is 5.51. The molecule has 0 saturated carbocycles. The summed E-state index contributed by atoms with van der Waals surface area (Å²) < 4.78 is 0. The molecule has 0 aliphatic heterocycles. The van der Waals surface area contributed by atoms with E-state index < -0.39 is 0 Å². The number of rotatable bonds is 5. The summed E-state index contributed by atoms with van der Waals surface area (Å²) in [5, 5.41) is 2.53. The second kappa shape index (κ2) is 6.33. The Morgan fingerprint density at radius 2 is 2.30 bits per heavy atom. The first-order chi connectivity index (χ1) is 4.81. The van der Waals surface area contributed by atoms with Crippen molar-refractivity contribution in [3.8, 4) is 0 Å². The summed E-state index contributed by atoms with van der Waals surface area (Å²) in [6.07, 6.45) is 5.32. The van der Waals surface area contributed by atoms with E-state index >= 15 is 0 Å². The molecule has 0 aliphatic rings. The van der Waals surface area contributed by atoms with Crippen LogP contribution >= 0.6 is 0 Å². The van der Waals surface area contributed by atoms with E-state index in [-0.39, 0.29) is 5.91 Å². The van der Waals surface area contributed by atoms with Crippen LogP contribution < -0.4 is 5.32 Å². The standard InChI is InChI=1S/C8H15NO/c1-3-5-6-7-8(10)9-4-2/h4H,2-3,5-7H2,1H3,(H,9,10). The molecule has 2 heteroatoms. The summed E-state index contributed by atoms with van der Waals surface area (Å²) in [6, 6.07) is 0. The number of carbonyl (C=O) groups excluding carboxylic acids is 1. The fourth-order valence-corrected chi connectivity index (χ4v) is 0.722. The fraction of sp³-hybridized carbons (Fsp3) is 0.625. The van der Waals surface area contributed by atoms with Gasteiger partial charge in [0.25, 0.3) is 0 Å². The highest BCUT2D eigenvalue weighted by Gasteiger charge is 1.95. The third kappa shape index (κ3) is 5.35. The van der Waals surface area contributed by atoms with Crippen LogP contribution in [0.25, 0.3) is 0 Å². The lowest BCUT2D eigenvalue weighted by Crippen LogP contribution is -2.15. The highest BCUT2D eigenvalue weighted by molar-refractivity contribution is 5.76. The minimum Gasteiger partial charge on any atom is -0.333 e. The maximum Gasteiger partial charge on any atom is 0.223 e. The fourth-order valence-electron chi connectivity index (χ4n) is 0.722. The number of carbonyl (C=O) groups is 1. The molecule has 0 heterocycles. The van der Waals surface area contributed by atoms with Crippen molar-refractivity contribution in [2.24, 2.45) is 0 Å². The molecular formula is C8H15NO. The first-order valence-electron chi connectivity index (χ1n) is 3.71. The maximum atomic E-state index is 10.7. The molecule has 1 amide bonds. The molecule has 0 unspecified atom stereocenters. The van der Waals surface area contributed by atoms with Gasteiger partial charge in [-0.15, -0.1) is 0 Å². The summed E-state index contributed by atoms with van der Waals surface area (Å²) in [4.78, 5) is 10.7. The molecule has 0 fully saturated rings. The highest BCUT2D eigenvalue weighted by Crippen LogP contribution is 1.97. The van der Waals surface area contributed by atoms with Crippen molar-refractivity contribution >= 4 is 5.91 Å². The third-order valence-corrected chi connectivity index (χ3v) is 1.27. The van der Waals surface area contributed by atoms with Crippen LogP contribution in [0, 0.1) is 0 Å². The van der Waals surface area contributed by atoms with Gasteiger partial charge in [0.2, 0.25) is 5.91 Å². The quantitative estimate of drug-likeness (QED) is 0.581. The van der Waals surface area contributed by atoms with Gasteiger partial charge in [0.1, 0.15) is 0 Å². The number of amides is 1. The molecule has 0 atom stereocenters. The van der Waals surface area contributed by atoms with E-state index in [9.17, 15) is 4.79 Å². The van der Waals surface area contributed by atoms with Gasteiger partial charge >= 0.3 is 0 Å². The molecule has 0 aromatic carbocycles. The van der Waals surface area contributed by atoms with Gasteiger partial charge in [-0.05, 0) is 12.6 Å². The van der Waals surface area contributed by atoms with Gasteiger partial charge in [-0.3, -0.25) is 4.79 Å². The summed E-state index contributed by atoms with van der Waals surface area (Å²) in [7, 11) is 0. The Kier molecular flexibility index (Phi) is 5.83. The zero-order valence-corrected chi connectivity index (χ0v) is 6.52. The second-order valence-electron chi connectivity index (χ2n) is 2.23. The minimum atomic E-state index is 0.0726. The number of unbranched alkanes of at least 4 members (excludes halogenated alkanes) is 2. The Bertz CT molecular complexity index is 110. The minimum absolute atomic E-state index is 0.0726. The van der Waals surface area contributed by atoms with E-state index in [2.05, 4.69) is 18.8 Å². The van der Waals surface area contributed by atoms with Gasteiger partial charge in [-0.2, -0.15) is 0 Å². The van der Waals surface area contributed by atoms with Crippen LogP contribution in [0.2, 0.25) is 0 Å². The van der Waals surface area contributed by atoms with Gasteiger partial charge in [-0.1, -0.05) is 26.3 Å². The first kappa shape index (κ1) is 9.21. The number of hydrogen-bond donors (Lipinski definition) is 1. The van der Waals surface area contributed by atoms with E-state index in [1.54, 1.807) is 0 Å². The average Bonchev–Trinajstić information content (AvgIpc) is 1.89. The van der Waals surface area contributed by atoms with Crippen LogP contribution in [0.1, 0.15) is 32.6 Å². The smallest absolute Gasteiger partial charge is 0.223 e.